The highest BCUT2D eigenvalue weighted by molar-refractivity contribution is 8.13. The minimum Gasteiger partial charge on any atom is -0.315 e. The lowest BCUT2D eigenvalue weighted by Crippen LogP contribution is -2.25. The molecule has 3 heteroatoms. The maximum Gasteiger partial charge on any atom is 0.196 e. The van der Waals surface area contributed by atoms with Crippen molar-refractivity contribution in [3.63, 3.8) is 0 Å². The Hall–Kier alpha value is -0.0200. The molecule has 2 rings (SSSR count). The number of rotatable bonds is 0. The highest BCUT2D eigenvalue weighted by Gasteiger charge is 2.49. The lowest BCUT2D eigenvalue weighted by Gasteiger charge is -2.07. The molecule has 1 aliphatic carbocycles. The van der Waals surface area contributed by atoms with Crippen molar-refractivity contribution in [3.05, 3.63) is 0 Å². The first-order valence-electron chi connectivity index (χ1n) is 3.71. The van der Waals surface area contributed by atoms with Crippen LogP contribution in [0.5, 0.6) is 0 Å². The van der Waals surface area contributed by atoms with Crippen LogP contribution < -0.4 is 5.32 Å². The highest BCUT2D eigenvalue weighted by Crippen LogP contribution is 2.49. The van der Waals surface area contributed by atoms with Gasteiger partial charge < -0.3 is 5.32 Å². The van der Waals surface area contributed by atoms with Gasteiger partial charge >= 0.3 is 0 Å². The molecule has 10 heavy (non-hydrogen) atoms. The van der Waals surface area contributed by atoms with E-state index in [4.69, 9.17) is 0 Å². The Kier molecular flexibility index (Phi) is 1.49. The fraction of sp³-hybridized carbons (Fsp3) is 0.857. The summed E-state index contributed by atoms with van der Waals surface area (Å²) in [6, 6.07) is 0. The number of carbonyl (C=O) groups is 1. The molecule has 0 bridgehead atoms. The summed E-state index contributed by atoms with van der Waals surface area (Å²) in [6.45, 7) is 1.93. The van der Waals surface area contributed by atoms with Gasteiger partial charge in [-0.25, -0.2) is 0 Å². The monoisotopic (exact) mass is 157 g/mol. The first kappa shape index (κ1) is 6.68. The van der Waals surface area contributed by atoms with Gasteiger partial charge in [0.25, 0.3) is 0 Å². The van der Waals surface area contributed by atoms with Crippen LogP contribution in [-0.2, 0) is 4.79 Å². The second-order valence-corrected chi connectivity index (χ2v) is 4.16. The maximum absolute atomic E-state index is 11.3. The summed E-state index contributed by atoms with van der Waals surface area (Å²) in [6.07, 6.45) is 2.23. The summed E-state index contributed by atoms with van der Waals surface area (Å²) < 4.78 is 0. The Morgan fingerprint density at radius 2 is 2.30 bits per heavy atom. The van der Waals surface area contributed by atoms with Gasteiger partial charge in [-0.3, -0.25) is 4.79 Å². The van der Waals surface area contributed by atoms with Crippen molar-refractivity contribution in [1.29, 1.82) is 0 Å². The SMILES string of the molecule is O=C1SCCNCC12CC2. The Bertz CT molecular complexity index is 165. The summed E-state index contributed by atoms with van der Waals surface area (Å²) in [7, 11) is 0. The topological polar surface area (TPSA) is 29.1 Å². The molecule has 0 atom stereocenters. The minimum atomic E-state index is 0.0845. The Morgan fingerprint density at radius 3 is 3.00 bits per heavy atom. The van der Waals surface area contributed by atoms with E-state index in [9.17, 15) is 4.79 Å². The van der Waals surface area contributed by atoms with Crippen LogP contribution in [0.3, 0.4) is 0 Å². The van der Waals surface area contributed by atoms with Crippen LogP contribution in [0.15, 0.2) is 0 Å². The molecule has 1 saturated carbocycles. The Labute approximate surface area is 64.8 Å². The van der Waals surface area contributed by atoms with Gasteiger partial charge in [-0.15, -0.1) is 0 Å². The lowest BCUT2D eigenvalue weighted by atomic mass is 10.1. The van der Waals surface area contributed by atoms with Crippen molar-refractivity contribution in [2.75, 3.05) is 18.8 Å². The number of nitrogens with one attached hydrogen (secondary N) is 1. The van der Waals surface area contributed by atoms with Crippen LogP contribution in [-0.4, -0.2) is 24.0 Å². The Balaban J connectivity index is 2.09. The van der Waals surface area contributed by atoms with E-state index in [-0.39, 0.29) is 5.41 Å². The highest BCUT2D eigenvalue weighted by atomic mass is 32.2. The second kappa shape index (κ2) is 2.24. The van der Waals surface area contributed by atoms with Crippen LogP contribution >= 0.6 is 11.8 Å². The van der Waals surface area contributed by atoms with Crippen LogP contribution in [0.2, 0.25) is 0 Å². The van der Waals surface area contributed by atoms with E-state index < -0.39 is 0 Å². The summed E-state index contributed by atoms with van der Waals surface area (Å²) in [5.41, 5.74) is 0.0845. The molecule has 2 aliphatic rings. The summed E-state index contributed by atoms with van der Waals surface area (Å²) >= 11 is 1.51. The van der Waals surface area contributed by atoms with Crippen molar-refractivity contribution in [3.8, 4) is 0 Å². The molecule has 0 aromatic heterocycles. The Morgan fingerprint density at radius 1 is 1.50 bits per heavy atom. The molecule has 1 spiro atoms. The molecule has 56 valence electrons. The molecule has 2 fully saturated rings. The molecule has 1 N–H and O–H groups in total. The molecular formula is C7H11NOS. The van der Waals surface area contributed by atoms with E-state index in [0.29, 0.717) is 5.12 Å². The fourth-order valence-corrected chi connectivity index (χ4v) is 2.31. The van der Waals surface area contributed by atoms with Crippen molar-refractivity contribution >= 4 is 16.9 Å². The third-order valence-electron chi connectivity index (χ3n) is 2.26. The maximum atomic E-state index is 11.3. The van der Waals surface area contributed by atoms with Crippen LogP contribution in [0, 0.1) is 5.41 Å². The largest absolute Gasteiger partial charge is 0.315 e. The van der Waals surface area contributed by atoms with Crippen LogP contribution in [0.1, 0.15) is 12.8 Å². The van der Waals surface area contributed by atoms with Crippen LogP contribution in [0.25, 0.3) is 0 Å². The zero-order chi connectivity index (χ0) is 7.03. The van der Waals surface area contributed by atoms with E-state index in [1.54, 1.807) is 0 Å². The quantitative estimate of drug-likeness (QED) is 0.559. The molecule has 2 nitrogen and oxygen atoms in total. The molecule has 0 aromatic rings. The molecule has 1 saturated heterocycles. The number of hydrogen-bond donors (Lipinski definition) is 1. The zero-order valence-electron chi connectivity index (χ0n) is 5.85. The average molecular weight is 157 g/mol. The van der Waals surface area contributed by atoms with Crippen molar-refractivity contribution < 1.29 is 4.79 Å². The van der Waals surface area contributed by atoms with Gasteiger partial charge in [0.15, 0.2) is 5.12 Å². The van der Waals surface area contributed by atoms with E-state index in [1.807, 2.05) is 0 Å². The standard InChI is InChI=1S/C7H11NOS/c9-6-7(1-2-7)5-8-3-4-10-6/h8H,1-5H2. The minimum absolute atomic E-state index is 0.0845. The lowest BCUT2D eigenvalue weighted by molar-refractivity contribution is -0.115. The summed E-state index contributed by atoms with van der Waals surface area (Å²) in [5.74, 6) is 0.959. The number of carbonyl (C=O) groups excluding carboxylic acids is 1. The van der Waals surface area contributed by atoms with E-state index in [2.05, 4.69) is 5.32 Å². The predicted molar refractivity (Wildman–Crippen MR) is 42.0 cm³/mol. The van der Waals surface area contributed by atoms with Gasteiger partial charge in [0.1, 0.15) is 0 Å². The zero-order valence-corrected chi connectivity index (χ0v) is 6.67. The van der Waals surface area contributed by atoms with Gasteiger partial charge in [-0.2, -0.15) is 0 Å². The van der Waals surface area contributed by atoms with Gasteiger partial charge in [0.2, 0.25) is 0 Å². The molecule has 0 unspecified atom stereocenters. The second-order valence-electron chi connectivity index (χ2n) is 3.09. The summed E-state index contributed by atoms with van der Waals surface area (Å²) in [4.78, 5) is 11.3. The predicted octanol–water partition coefficient (Wildman–Crippen LogP) is 0.630. The average Bonchev–Trinajstić information content (AvgIpc) is 2.69. The first-order valence-corrected chi connectivity index (χ1v) is 4.70. The summed E-state index contributed by atoms with van der Waals surface area (Å²) in [5, 5.41) is 3.72. The van der Waals surface area contributed by atoms with E-state index in [0.717, 1.165) is 31.7 Å². The molecule has 1 aliphatic heterocycles. The fourth-order valence-electron chi connectivity index (χ4n) is 1.30. The normalized spacial score (nSPS) is 30.2. The first-order chi connectivity index (χ1) is 4.83. The van der Waals surface area contributed by atoms with Crippen LogP contribution in [0.4, 0.5) is 0 Å². The number of hydrogen-bond acceptors (Lipinski definition) is 3. The van der Waals surface area contributed by atoms with E-state index in [1.165, 1.54) is 11.8 Å². The van der Waals surface area contributed by atoms with Crippen molar-refractivity contribution in [1.82, 2.24) is 5.32 Å². The smallest absolute Gasteiger partial charge is 0.196 e. The van der Waals surface area contributed by atoms with E-state index >= 15 is 0 Å². The van der Waals surface area contributed by atoms with Crippen molar-refractivity contribution in [2.24, 2.45) is 5.41 Å². The van der Waals surface area contributed by atoms with Crippen molar-refractivity contribution in [2.45, 2.75) is 12.8 Å². The molecule has 0 aromatic carbocycles. The van der Waals surface area contributed by atoms with Gasteiger partial charge in [-0.05, 0) is 12.8 Å². The third kappa shape index (κ3) is 0.974. The van der Waals surface area contributed by atoms with Gasteiger partial charge in [-0.1, -0.05) is 11.8 Å². The third-order valence-corrected chi connectivity index (χ3v) is 3.37. The molecule has 0 amide bonds. The van der Waals surface area contributed by atoms with Gasteiger partial charge in [0.05, 0.1) is 5.41 Å². The van der Waals surface area contributed by atoms with Gasteiger partial charge in [0, 0.05) is 18.8 Å². The molecule has 1 heterocycles. The molecule has 0 radical (unpaired) electrons. The number of thioether (sulfide) groups is 1. The molecular weight excluding hydrogens is 146 g/mol.